The second-order valence-electron chi connectivity index (χ2n) is 5.92. The van der Waals surface area contributed by atoms with Crippen LogP contribution in [0.3, 0.4) is 0 Å². The lowest BCUT2D eigenvalue weighted by Gasteiger charge is -2.23. The summed E-state index contributed by atoms with van der Waals surface area (Å²) in [5.41, 5.74) is 0.571. The summed E-state index contributed by atoms with van der Waals surface area (Å²) in [6.45, 7) is 4.85. The zero-order valence-corrected chi connectivity index (χ0v) is 15.7. The van der Waals surface area contributed by atoms with E-state index in [-0.39, 0.29) is 18.5 Å². The van der Waals surface area contributed by atoms with Gasteiger partial charge in [0.25, 0.3) is 0 Å². The molecule has 2 rings (SSSR count). The summed E-state index contributed by atoms with van der Waals surface area (Å²) in [4.78, 5) is 26.5. The largest absolute Gasteiger partial charge is 0.492 e. The van der Waals surface area contributed by atoms with Crippen molar-refractivity contribution in [2.45, 2.75) is 33.1 Å². The number of nitrogens with one attached hydrogen (secondary N) is 2. The van der Waals surface area contributed by atoms with Gasteiger partial charge in [0.2, 0.25) is 5.91 Å². The molecule has 0 aliphatic carbocycles. The highest BCUT2D eigenvalue weighted by atomic mass is 16.5. The monoisotopic (exact) mass is 374 g/mol. The normalized spacial score (nSPS) is 10.3. The van der Waals surface area contributed by atoms with E-state index in [0.717, 1.165) is 19.3 Å². The molecule has 0 spiro atoms. The van der Waals surface area contributed by atoms with Gasteiger partial charge in [0.05, 0.1) is 12.3 Å². The van der Waals surface area contributed by atoms with Gasteiger partial charge in [-0.15, -0.1) is 0 Å². The first-order valence-electron chi connectivity index (χ1n) is 9.12. The number of aromatic nitrogens is 1. The van der Waals surface area contributed by atoms with Crippen LogP contribution < -0.4 is 15.4 Å². The molecular weight excluding hydrogens is 348 g/mol. The van der Waals surface area contributed by atoms with E-state index in [0.29, 0.717) is 30.4 Å². The van der Waals surface area contributed by atoms with E-state index < -0.39 is 0 Å². The van der Waals surface area contributed by atoms with Crippen molar-refractivity contribution < 1.29 is 18.8 Å². The Bertz CT molecular complexity index is 718. The number of carbonyl (C=O) groups is 2. The second kappa shape index (κ2) is 10.8. The fourth-order valence-electron chi connectivity index (χ4n) is 2.48. The smallest absolute Gasteiger partial charge is 0.322 e. The van der Waals surface area contributed by atoms with Gasteiger partial charge in [0.15, 0.2) is 5.82 Å². The van der Waals surface area contributed by atoms with Crippen molar-refractivity contribution in [3.63, 3.8) is 0 Å². The van der Waals surface area contributed by atoms with Crippen molar-refractivity contribution >= 4 is 23.4 Å². The van der Waals surface area contributed by atoms with Crippen LogP contribution in [-0.2, 0) is 4.79 Å². The zero-order chi connectivity index (χ0) is 19.5. The average Bonchev–Trinajstić information content (AvgIpc) is 3.15. The number of nitrogens with zero attached hydrogens (tertiary/aromatic N) is 2. The molecule has 8 nitrogen and oxygen atoms in total. The molecule has 0 radical (unpaired) electrons. The van der Waals surface area contributed by atoms with E-state index >= 15 is 0 Å². The predicted octanol–water partition coefficient (Wildman–Crippen LogP) is 3.74. The van der Waals surface area contributed by atoms with Crippen LogP contribution in [0.4, 0.5) is 16.3 Å². The minimum atomic E-state index is -0.353. The summed E-state index contributed by atoms with van der Waals surface area (Å²) in [5.74, 6) is 0.568. The minimum Gasteiger partial charge on any atom is -0.492 e. The Morgan fingerprint density at radius 2 is 1.96 bits per heavy atom. The number of para-hydroxylation sites is 2. The molecule has 0 saturated carbocycles. The molecule has 0 fully saturated rings. The van der Waals surface area contributed by atoms with Gasteiger partial charge in [0, 0.05) is 12.6 Å². The molecule has 3 amide bonds. The molecule has 2 N–H and O–H groups in total. The van der Waals surface area contributed by atoms with E-state index in [2.05, 4.69) is 22.7 Å². The Kier molecular flexibility index (Phi) is 8.15. The number of ether oxygens (including phenoxy) is 1. The number of unbranched alkanes of at least 4 members (excludes halogenated alkanes) is 2. The van der Waals surface area contributed by atoms with E-state index in [1.54, 1.807) is 12.1 Å². The van der Waals surface area contributed by atoms with Gasteiger partial charge in [-0.3, -0.25) is 4.79 Å². The molecular formula is C19H26N4O4. The van der Waals surface area contributed by atoms with E-state index in [1.807, 2.05) is 19.1 Å². The minimum absolute atomic E-state index is 0.0841. The Labute approximate surface area is 158 Å². The lowest BCUT2D eigenvalue weighted by molar-refractivity contribution is -0.116. The van der Waals surface area contributed by atoms with Gasteiger partial charge in [-0.05, 0) is 25.5 Å². The number of urea groups is 1. The summed E-state index contributed by atoms with van der Waals surface area (Å²) < 4.78 is 10.2. The molecule has 27 heavy (non-hydrogen) atoms. The maximum Gasteiger partial charge on any atom is 0.322 e. The van der Waals surface area contributed by atoms with Crippen molar-refractivity contribution in [2.75, 3.05) is 30.3 Å². The number of rotatable bonds is 10. The molecule has 8 heteroatoms. The maximum atomic E-state index is 12.7. The van der Waals surface area contributed by atoms with Crippen LogP contribution >= 0.6 is 0 Å². The molecule has 2 aromatic rings. The molecule has 1 heterocycles. The highest BCUT2D eigenvalue weighted by Crippen LogP contribution is 2.24. The summed E-state index contributed by atoms with van der Waals surface area (Å²) >= 11 is 0. The van der Waals surface area contributed by atoms with Crippen LogP contribution in [0.25, 0.3) is 0 Å². The third-order valence-electron chi connectivity index (χ3n) is 3.79. The first-order valence-corrected chi connectivity index (χ1v) is 9.12. The third kappa shape index (κ3) is 6.65. The Balaban J connectivity index is 2.03. The molecule has 0 saturated heterocycles. The lowest BCUT2D eigenvalue weighted by Crippen LogP contribution is -2.41. The van der Waals surface area contributed by atoms with Crippen LogP contribution in [0.15, 0.2) is 41.1 Å². The van der Waals surface area contributed by atoms with Crippen molar-refractivity contribution in [1.82, 2.24) is 10.1 Å². The highest BCUT2D eigenvalue weighted by molar-refractivity contribution is 5.97. The van der Waals surface area contributed by atoms with Crippen LogP contribution in [-0.4, -0.2) is 41.7 Å². The number of hydrogen-bond donors (Lipinski definition) is 2. The van der Waals surface area contributed by atoms with E-state index in [9.17, 15) is 9.59 Å². The van der Waals surface area contributed by atoms with Crippen molar-refractivity contribution in [3.8, 4) is 5.75 Å². The first-order chi connectivity index (χ1) is 13.1. The Morgan fingerprint density at radius 1 is 1.15 bits per heavy atom. The molecule has 146 valence electrons. The Hall–Kier alpha value is -3.03. The summed E-state index contributed by atoms with van der Waals surface area (Å²) in [7, 11) is 0. The predicted molar refractivity (Wildman–Crippen MR) is 103 cm³/mol. The number of anilines is 2. The SMILES string of the molecule is CCCCCN(CC(=O)Nc1ccon1)C(=O)Nc1ccccc1OCC. The van der Waals surface area contributed by atoms with Gasteiger partial charge in [-0.2, -0.15) is 0 Å². The maximum absolute atomic E-state index is 12.7. The van der Waals surface area contributed by atoms with Crippen molar-refractivity contribution in [2.24, 2.45) is 0 Å². The standard InChI is InChI=1S/C19H26N4O4/c1-3-5-8-12-23(14-18(24)21-17-11-13-27-22-17)19(25)20-15-9-6-7-10-16(15)26-4-2/h6-7,9-11,13H,3-5,8,12,14H2,1-2H3,(H,20,25)(H,21,22,24). The summed E-state index contributed by atoms with van der Waals surface area (Å²) in [6, 6.07) is 8.40. The number of carbonyl (C=O) groups excluding carboxylic acids is 2. The van der Waals surface area contributed by atoms with Gasteiger partial charge in [0.1, 0.15) is 18.6 Å². The van der Waals surface area contributed by atoms with Crippen molar-refractivity contribution in [3.05, 3.63) is 36.6 Å². The molecule has 0 bridgehead atoms. The number of amides is 3. The van der Waals surface area contributed by atoms with Gasteiger partial charge in [-0.1, -0.05) is 37.1 Å². The number of benzene rings is 1. The second-order valence-corrected chi connectivity index (χ2v) is 5.92. The van der Waals surface area contributed by atoms with Gasteiger partial charge >= 0.3 is 6.03 Å². The van der Waals surface area contributed by atoms with E-state index in [4.69, 9.17) is 9.26 Å². The van der Waals surface area contributed by atoms with Crippen LogP contribution in [0.2, 0.25) is 0 Å². The van der Waals surface area contributed by atoms with Gasteiger partial charge < -0.3 is 24.8 Å². The van der Waals surface area contributed by atoms with Crippen LogP contribution in [0.1, 0.15) is 33.1 Å². The summed E-state index contributed by atoms with van der Waals surface area (Å²) in [6.07, 6.45) is 4.18. The molecule has 0 aliphatic heterocycles. The number of hydrogen-bond acceptors (Lipinski definition) is 5. The fourth-order valence-corrected chi connectivity index (χ4v) is 2.48. The molecule has 0 atom stereocenters. The lowest BCUT2D eigenvalue weighted by atomic mass is 10.2. The van der Waals surface area contributed by atoms with Crippen LogP contribution in [0.5, 0.6) is 5.75 Å². The molecule has 0 aliphatic rings. The molecule has 0 unspecified atom stereocenters. The molecule has 1 aromatic heterocycles. The third-order valence-corrected chi connectivity index (χ3v) is 3.79. The fraction of sp³-hybridized carbons (Fsp3) is 0.421. The van der Waals surface area contributed by atoms with Crippen molar-refractivity contribution in [1.29, 1.82) is 0 Å². The molecule has 1 aromatic carbocycles. The first kappa shape index (κ1) is 20.3. The zero-order valence-electron chi connectivity index (χ0n) is 15.7. The quantitative estimate of drug-likeness (QED) is 0.618. The highest BCUT2D eigenvalue weighted by Gasteiger charge is 2.19. The average molecular weight is 374 g/mol. The summed E-state index contributed by atoms with van der Waals surface area (Å²) in [5, 5.41) is 9.08. The van der Waals surface area contributed by atoms with Crippen LogP contribution in [0, 0.1) is 0 Å². The Morgan fingerprint density at radius 3 is 2.67 bits per heavy atom. The van der Waals surface area contributed by atoms with Gasteiger partial charge in [-0.25, -0.2) is 4.79 Å². The van der Waals surface area contributed by atoms with E-state index in [1.165, 1.54) is 17.2 Å². The topological polar surface area (TPSA) is 96.7 Å².